The van der Waals surface area contributed by atoms with Crippen LogP contribution in [0.15, 0.2) is 30.3 Å². The summed E-state index contributed by atoms with van der Waals surface area (Å²) in [5.41, 5.74) is 1.96. The Hall–Kier alpha value is -0.575. The van der Waals surface area contributed by atoms with Crippen molar-refractivity contribution in [1.82, 2.24) is 0 Å². The van der Waals surface area contributed by atoms with Crippen molar-refractivity contribution in [2.75, 3.05) is 0 Å². The summed E-state index contributed by atoms with van der Waals surface area (Å²) in [6, 6.07) is 7.71. The molecule has 1 unspecified atom stereocenters. The number of halogens is 1. The molecule has 1 aromatic rings. The van der Waals surface area contributed by atoms with Gasteiger partial charge in [-0.1, -0.05) is 52.3 Å². The van der Waals surface area contributed by atoms with E-state index in [1.807, 2.05) is 36.4 Å². The van der Waals surface area contributed by atoms with Gasteiger partial charge in [0.25, 0.3) is 0 Å². The summed E-state index contributed by atoms with van der Waals surface area (Å²) in [4.78, 5) is 0. The SMILES string of the molecule is OB(O)C1(Br)CC=Cc2ccccc21. The molecule has 14 heavy (non-hydrogen) atoms. The van der Waals surface area contributed by atoms with Gasteiger partial charge >= 0.3 is 7.12 Å². The fraction of sp³-hybridized carbons (Fsp3) is 0.200. The molecule has 0 bridgehead atoms. The second-order valence-electron chi connectivity index (χ2n) is 3.43. The molecule has 0 saturated heterocycles. The van der Waals surface area contributed by atoms with E-state index in [4.69, 9.17) is 0 Å². The van der Waals surface area contributed by atoms with Crippen molar-refractivity contribution in [1.29, 1.82) is 0 Å². The first-order chi connectivity index (χ1) is 6.64. The molecule has 0 radical (unpaired) electrons. The topological polar surface area (TPSA) is 40.5 Å². The van der Waals surface area contributed by atoms with E-state index in [1.165, 1.54) is 0 Å². The Balaban J connectivity index is 2.56. The monoisotopic (exact) mass is 252 g/mol. The van der Waals surface area contributed by atoms with Crippen molar-refractivity contribution in [2.24, 2.45) is 0 Å². The van der Waals surface area contributed by atoms with Crippen LogP contribution in [0, 0.1) is 0 Å². The molecular formula is C10H10BBrO2. The van der Waals surface area contributed by atoms with E-state index in [0.29, 0.717) is 6.42 Å². The van der Waals surface area contributed by atoms with Crippen molar-refractivity contribution in [3.05, 3.63) is 41.5 Å². The van der Waals surface area contributed by atoms with E-state index < -0.39 is 11.3 Å². The van der Waals surface area contributed by atoms with Gasteiger partial charge in [-0.05, 0) is 17.5 Å². The maximum absolute atomic E-state index is 9.36. The van der Waals surface area contributed by atoms with Gasteiger partial charge in [-0.3, -0.25) is 0 Å². The minimum atomic E-state index is -1.39. The first-order valence-electron chi connectivity index (χ1n) is 4.46. The van der Waals surface area contributed by atoms with E-state index in [0.717, 1.165) is 11.1 Å². The quantitative estimate of drug-likeness (QED) is 0.590. The van der Waals surface area contributed by atoms with Gasteiger partial charge in [0.15, 0.2) is 0 Å². The van der Waals surface area contributed by atoms with Crippen LogP contribution in [-0.4, -0.2) is 17.2 Å². The zero-order valence-corrected chi connectivity index (χ0v) is 9.11. The predicted molar refractivity (Wildman–Crippen MR) is 60.9 cm³/mol. The highest BCUT2D eigenvalue weighted by Gasteiger charge is 2.42. The van der Waals surface area contributed by atoms with E-state index in [-0.39, 0.29) is 0 Å². The number of hydrogen-bond acceptors (Lipinski definition) is 2. The summed E-state index contributed by atoms with van der Waals surface area (Å²) in [6.07, 6.45) is 4.52. The molecule has 0 fully saturated rings. The van der Waals surface area contributed by atoms with Crippen LogP contribution >= 0.6 is 15.9 Å². The molecule has 2 N–H and O–H groups in total. The number of rotatable bonds is 1. The first kappa shape index (κ1) is 9.96. The van der Waals surface area contributed by atoms with Gasteiger partial charge in [-0.15, -0.1) is 0 Å². The number of fused-ring (bicyclic) bond motifs is 1. The van der Waals surface area contributed by atoms with Crippen LogP contribution in [-0.2, 0) is 4.22 Å². The Bertz CT molecular complexity index is 378. The third-order valence-electron chi connectivity index (χ3n) is 2.53. The van der Waals surface area contributed by atoms with Crippen LogP contribution < -0.4 is 0 Å². The minimum Gasteiger partial charge on any atom is -0.426 e. The largest absolute Gasteiger partial charge is 0.474 e. The molecule has 2 rings (SSSR count). The average molecular weight is 253 g/mol. The number of allylic oxidation sites excluding steroid dienone is 1. The number of hydrogen-bond donors (Lipinski definition) is 2. The van der Waals surface area contributed by atoms with Crippen LogP contribution in [0.3, 0.4) is 0 Å². The Kier molecular flexibility index (Phi) is 2.51. The second kappa shape index (κ2) is 3.53. The van der Waals surface area contributed by atoms with Crippen LogP contribution in [0.25, 0.3) is 6.08 Å². The molecule has 0 amide bonds. The summed E-state index contributed by atoms with van der Waals surface area (Å²) in [5.74, 6) is 0. The molecule has 1 aliphatic carbocycles. The minimum absolute atomic E-state index is 0.585. The first-order valence-corrected chi connectivity index (χ1v) is 5.25. The van der Waals surface area contributed by atoms with Crippen LogP contribution in [0.1, 0.15) is 17.5 Å². The van der Waals surface area contributed by atoms with E-state index in [2.05, 4.69) is 15.9 Å². The second-order valence-corrected chi connectivity index (χ2v) is 4.84. The van der Waals surface area contributed by atoms with Crippen molar-refractivity contribution in [3.63, 3.8) is 0 Å². The number of alkyl halides is 1. The molecule has 0 saturated carbocycles. The smallest absolute Gasteiger partial charge is 0.426 e. The Morgan fingerprint density at radius 3 is 2.71 bits per heavy atom. The van der Waals surface area contributed by atoms with Crippen molar-refractivity contribution in [2.45, 2.75) is 10.6 Å². The van der Waals surface area contributed by atoms with Crippen molar-refractivity contribution >= 4 is 29.1 Å². The molecular weight excluding hydrogens is 243 g/mol. The Morgan fingerprint density at radius 1 is 1.29 bits per heavy atom. The summed E-state index contributed by atoms with van der Waals surface area (Å²) >= 11 is 3.41. The Labute approximate surface area is 91.5 Å². The summed E-state index contributed by atoms with van der Waals surface area (Å²) in [6.45, 7) is 0. The molecule has 0 heterocycles. The van der Waals surface area contributed by atoms with Crippen molar-refractivity contribution < 1.29 is 10.0 Å². The molecule has 2 nitrogen and oxygen atoms in total. The standard InChI is InChI=1S/C10H10BBrO2/c12-10(11(13)14)7-3-5-8-4-1-2-6-9(8)10/h1-6,13-14H,7H2. The predicted octanol–water partition coefficient (Wildman–Crippen LogP) is 1.71. The van der Waals surface area contributed by atoms with Crippen LogP contribution in [0.5, 0.6) is 0 Å². The summed E-state index contributed by atoms with van der Waals surface area (Å²) in [7, 11) is -1.39. The van der Waals surface area contributed by atoms with Gasteiger partial charge in [-0.2, -0.15) is 0 Å². The molecule has 1 atom stereocenters. The molecule has 1 aliphatic rings. The lowest BCUT2D eigenvalue weighted by atomic mass is 9.64. The highest BCUT2D eigenvalue weighted by atomic mass is 79.9. The normalized spacial score (nSPS) is 24.5. The van der Waals surface area contributed by atoms with Gasteiger partial charge < -0.3 is 10.0 Å². The molecule has 0 aromatic heterocycles. The van der Waals surface area contributed by atoms with Crippen LogP contribution in [0.2, 0.25) is 0 Å². The third-order valence-corrected chi connectivity index (χ3v) is 3.69. The average Bonchev–Trinajstić information content (AvgIpc) is 2.18. The van der Waals surface area contributed by atoms with Crippen LogP contribution in [0.4, 0.5) is 0 Å². The highest BCUT2D eigenvalue weighted by molar-refractivity contribution is 9.10. The van der Waals surface area contributed by atoms with Gasteiger partial charge in [0.1, 0.15) is 0 Å². The maximum Gasteiger partial charge on any atom is 0.474 e. The fourth-order valence-electron chi connectivity index (χ4n) is 1.73. The maximum atomic E-state index is 9.36. The molecule has 4 heteroatoms. The van der Waals surface area contributed by atoms with E-state index in [1.54, 1.807) is 0 Å². The zero-order valence-electron chi connectivity index (χ0n) is 7.52. The van der Waals surface area contributed by atoms with E-state index >= 15 is 0 Å². The molecule has 72 valence electrons. The lowest BCUT2D eigenvalue weighted by Crippen LogP contribution is -2.39. The molecule has 1 aromatic carbocycles. The zero-order chi connectivity index (χ0) is 10.2. The van der Waals surface area contributed by atoms with Gasteiger partial charge in [-0.25, -0.2) is 0 Å². The lowest BCUT2D eigenvalue weighted by Gasteiger charge is -2.30. The summed E-state index contributed by atoms with van der Waals surface area (Å²) < 4.78 is -0.752. The molecule has 0 aliphatic heterocycles. The third kappa shape index (κ3) is 1.43. The van der Waals surface area contributed by atoms with Gasteiger partial charge in [0.2, 0.25) is 0 Å². The fourth-order valence-corrected chi connectivity index (χ4v) is 2.28. The van der Waals surface area contributed by atoms with Gasteiger partial charge in [0, 0.05) is 0 Å². The molecule has 0 spiro atoms. The highest BCUT2D eigenvalue weighted by Crippen LogP contribution is 2.41. The lowest BCUT2D eigenvalue weighted by molar-refractivity contribution is 0.380. The summed E-state index contributed by atoms with van der Waals surface area (Å²) in [5, 5.41) is 18.7. The van der Waals surface area contributed by atoms with E-state index in [9.17, 15) is 10.0 Å². The Morgan fingerprint density at radius 2 is 2.00 bits per heavy atom. The van der Waals surface area contributed by atoms with Crippen molar-refractivity contribution in [3.8, 4) is 0 Å². The number of benzene rings is 1. The van der Waals surface area contributed by atoms with Gasteiger partial charge in [0.05, 0.1) is 4.22 Å².